The van der Waals surface area contributed by atoms with Crippen LogP contribution in [0.1, 0.15) is 233 Å². The van der Waals surface area contributed by atoms with E-state index in [1.54, 1.807) is 0 Å². The highest BCUT2D eigenvalue weighted by molar-refractivity contribution is 4.56. The molecule has 0 aromatic rings. The third-order valence-corrected chi connectivity index (χ3v) is 8.85. The first-order chi connectivity index (χ1) is 18.3. The molecule has 0 fully saturated rings. The smallest absolute Gasteiger partial charge is 0.0443 e. The van der Waals surface area contributed by atoms with Gasteiger partial charge in [-0.15, -0.1) is 0 Å². The maximum Gasteiger partial charge on any atom is -0.0443 e. The summed E-state index contributed by atoms with van der Waals surface area (Å²) < 4.78 is 0. The maximum absolute atomic E-state index is 2.47. The Morgan fingerprint density at radius 1 is 0.243 bits per heavy atom. The molecule has 1 unspecified atom stereocenters. The molecule has 0 rings (SSSR count). The average Bonchev–Trinajstić information content (AvgIpc) is 2.90. The number of hydrogen-bond donors (Lipinski definition) is 0. The predicted molar refractivity (Wildman–Crippen MR) is 173 cm³/mol. The van der Waals surface area contributed by atoms with E-state index in [0.29, 0.717) is 0 Å². The lowest BCUT2D eigenvalue weighted by Crippen LogP contribution is -1.94. The van der Waals surface area contributed by atoms with Crippen molar-refractivity contribution in [1.82, 2.24) is 0 Å². The molecule has 0 heteroatoms. The van der Waals surface area contributed by atoms with Crippen LogP contribution in [0.5, 0.6) is 0 Å². The average molecular weight is 521 g/mol. The predicted octanol–water partition coefficient (Wildman–Crippen LogP) is 14.5. The minimum atomic E-state index is 0.968. The molecule has 0 nitrogen and oxygen atoms in total. The zero-order chi connectivity index (χ0) is 26.9. The summed E-state index contributed by atoms with van der Waals surface area (Å²) in [5.41, 5.74) is 0. The van der Waals surface area contributed by atoms with Crippen molar-refractivity contribution in [2.24, 2.45) is 5.92 Å². The monoisotopic (exact) mass is 521 g/mol. The van der Waals surface area contributed by atoms with Crippen molar-refractivity contribution >= 4 is 0 Å². The lowest BCUT2D eigenvalue weighted by Gasteiger charge is -2.10. The van der Waals surface area contributed by atoms with Crippen LogP contribution in [0.3, 0.4) is 0 Å². The van der Waals surface area contributed by atoms with Crippen LogP contribution in [-0.2, 0) is 0 Å². The largest absolute Gasteiger partial charge is 0.0654 e. The fourth-order valence-electron chi connectivity index (χ4n) is 6.05. The van der Waals surface area contributed by atoms with Gasteiger partial charge in [0.05, 0.1) is 0 Å². The van der Waals surface area contributed by atoms with Gasteiger partial charge in [0.15, 0.2) is 0 Å². The van der Waals surface area contributed by atoms with Gasteiger partial charge in [0.25, 0.3) is 0 Å². The van der Waals surface area contributed by atoms with Crippen LogP contribution < -0.4 is 0 Å². The summed E-state index contributed by atoms with van der Waals surface area (Å²) in [6.07, 6.45) is 48.8. The van der Waals surface area contributed by atoms with Crippen LogP contribution in [0.2, 0.25) is 0 Å². The van der Waals surface area contributed by atoms with Gasteiger partial charge in [-0.25, -0.2) is 0 Å². The first-order valence-corrected chi connectivity index (χ1v) is 18.3. The van der Waals surface area contributed by atoms with E-state index in [4.69, 9.17) is 0 Å². The maximum atomic E-state index is 2.47. The zero-order valence-corrected chi connectivity index (χ0v) is 26.9. The second-order valence-electron chi connectivity index (χ2n) is 12.9. The standard InChI is InChI=1S/C37H76/c1-4-6-8-9-10-11-12-13-14-15-16-17-18-19-20-21-22-23-24-25-26-27-28-29-30-31-32-34-36-37(3)35-33-7-5-2/h37H,4-36H2,1-3H3. The molecule has 0 aliphatic rings. The highest BCUT2D eigenvalue weighted by Crippen LogP contribution is 2.19. The van der Waals surface area contributed by atoms with Gasteiger partial charge in [-0.2, -0.15) is 0 Å². The van der Waals surface area contributed by atoms with Crippen molar-refractivity contribution < 1.29 is 0 Å². The van der Waals surface area contributed by atoms with E-state index in [9.17, 15) is 0 Å². The molecule has 0 aliphatic carbocycles. The van der Waals surface area contributed by atoms with Crippen LogP contribution in [0.15, 0.2) is 0 Å². The van der Waals surface area contributed by atoms with Gasteiger partial charge in [-0.3, -0.25) is 0 Å². The Morgan fingerprint density at radius 3 is 0.649 bits per heavy atom. The first-order valence-electron chi connectivity index (χ1n) is 18.3. The van der Waals surface area contributed by atoms with E-state index >= 15 is 0 Å². The minimum Gasteiger partial charge on any atom is -0.0654 e. The van der Waals surface area contributed by atoms with Crippen molar-refractivity contribution in [1.29, 1.82) is 0 Å². The highest BCUT2D eigenvalue weighted by Gasteiger charge is 2.02. The Hall–Kier alpha value is 0. The Bertz CT molecular complexity index is 372. The molecule has 0 heterocycles. The van der Waals surface area contributed by atoms with E-state index in [0.717, 1.165) is 5.92 Å². The van der Waals surface area contributed by atoms with Gasteiger partial charge in [-0.1, -0.05) is 233 Å². The summed E-state index contributed by atoms with van der Waals surface area (Å²) in [6, 6.07) is 0. The fraction of sp³-hybridized carbons (Fsp3) is 1.00. The van der Waals surface area contributed by atoms with Gasteiger partial charge in [0, 0.05) is 0 Å². The highest BCUT2D eigenvalue weighted by atomic mass is 14.1. The number of hydrogen-bond acceptors (Lipinski definition) is 0. The Labute approximate surface area is 238 Å². The van der Waals surface area contributed by atoms with E-state index in [-0.39, 0.29) is 0 Å². The lowest BCUT2D eigenvalue weighted by molar-refractivity contribution is 0.435. The van der Waals surface area contributed by atoms with E-state index in [2.05, 4.69) is 20.8 Å². The van der Waals surface area contributed by atoms with Gasteiger partial charge < -0.3 is 0 Å². The summed E-state index contributed by atoms with van der Waals surface area (Å²) >= 11 is 0. The second kappa shape index (κ2) is 34.0. The van der Waals surface area contributed by atoms with Crippen LogP contribution in [0.4, 0.5) is 0 Å². The summed E-state index contributed by atoms with van der Waals surface area (Å²) in [7, 11) is 0. The molecule has 0 aliphatic heterocycles. The Kier molecular flexibility index (Phi) is 34.0. The van der Waals surface area contributed by atoms with Crippen molar-refractivity contribution in [3.8, 4) is 0 Å². The third-order valence-electron chi connectivity index (χ3n) is 8.85. The van der Waals surface area contributed by atoms with Crippen LogP contribution >= 0.6 is 0 Å². The van der Waals surface area contributed by atoms with Gasteiger partial charge in [0.1, 0.15) is 0 Å². The topological polar surface area (TPSA) is 0 Å². The molecule has 0 amide bonds. The molecule has 37 heavy (non-hydrogen) atoms. The van der Waals surface area contributed by atoms with Crippen molar-refractivity contribution in [2.45, 2.75) is 233 Å². The van der Waals surface area contributed by atoms with Gasteiger partial charge in [0.2, 0.25) is 0 Å². The van der Waals surface area contributed by atoms with E-state index < -0.39 is 0 Å². The number of rotatable bonds is 33. The SMILES string of the molecule is CCCCCCCCCCCCCCCCCCCCCCCCCCCCCCC(C)CCCCC. The molecule has 0 spiro atoms. The molecule has 0 aromatic heterocycles. The summed E-state index contributed by atoms with van der Waals surface area (Å²) in [6.45, 7) is 7.09. The first kappa shape index (κ1) is 37.0. The molecule has 0 aromatic carbocycles. The lowest BCUT2D eigenvalue weighted by atomic mass is 9.96. The summed E-state index contributed by atoms with van der Waals surface area (Å²) in [5, 5.41) is 0. The van der Waals surface area contributed by atoms with Gasteiger partial charge in [-0.05, 0) is 5.92 Å². The zero-order valence-electron chi connectivity index (χ0n) is 26.9. The van der Waals surface area contributed by atoms with Crippen molar-refractivity contribution in [3.63, 3.8) is 0 Å². The molecular formula is C37H76. The Morgan fingerprint density at radius 2 is 0.405 bits per heavy atom. The van der Waals surface area contributed by atoms with Crippen LogP contribution in [0, 0.1) is 5.92 Å². The summed E-state index contributed by atoms with van der Waals surface area (Å²) in [5.74, 6) is 0.968. The Balaban J connectivity index is 3.05. The molecule has 224 valence electrons. The second-order valence-corrected chi connectivity index (χ2v) is 12.9. The van der Waals surface area contributed by atoms with Crippen molar-refractivity contribution in [2.75, 3.05) is 0 Å². The molecule has 0 saturated heterocycles. The molecule has 0 radical (unpaired) electrons. The van der Waals surface area contributed by atoms with E-state index in [1.165, 1.54) is 212 Å². The molecule has 0 N–H and O–H groups in total. The molecule has 0 saturated carbocycles. The van der Waals surface area contributed by atoms with Crippen molar-refractivity contribution in [3.05, 3.63) is 0 Å². The third kappa shape index (κ3) is 34.0. The quantitative estimate of drug-likeness (QED) is 0.0754. The molecule has 0 bridgehead atoms. The van der Waals surface area contributed by atoms with Gasteiger partial charge >= 0.3 is 0 Å². The minimum absolute atomic E-state index is 0.968. The van der Waals surface area contributed by atoms with Crippen LogP contribution in [-0.4, -0.2) is 0 Å². The molecule has 1 atom stereocenters. The van der Waals surface area contributed by atoms with E-state index in [1.807, 2.05) is 0 Å². The number of unbranched alkanes of at least 4 members (excludes halogenated alkanes) is 29. The molecular weight excluding hydrogens is 444 g/mol. The fourth-order valence-corrected chi connectivity index (χ4v) is 6.05. The normalized spacial score (nSPS) is 12.4. The summed E-state index contributed by atoms with van der Waals surface area (Å²) in [4.78, 5) is 0. The van der Waals surface area contributed by atoms with Crippen LogP contribution in [0.25, 0.3) is 0 Å².